The number of methoxy groups -OCH3 is 1. The number of nitrogens with zero attached hydrogens (tertiary/aromatic N) is 3. The van der Waals surface area contributed by atoms with Crippen molar-refractivity contribution in [3.8, 4) is 5.75 Å². The first-order chi connectivity index (χ1) is 14.4. The molecule has 1 heterocycles. The van der Waals surface area contributed by atoms with E-state index in [0.717, 1.165) is 18.2 Å². The second-order valence-corrected chi connectivity index (χ2v) is 8.53. The minimum absolute atomic E-state index is 0.154. The van der Waals surface area contributed by atoms with Crippen molar-refractivity contribution < 1.29 is 13.2 Å². The molecule has 0 aliphatic rings. The fourth-order valence-electron chi connectivity index (χ4n) is 3.14. The largest absolute Gasteiger partial charge is 0.497 e. The number of aromatic nitrogens is 1. The zero-order valence-electron chi connectivity index (χ0n) is 16.9. The van der Waals surface area contributed by atoms with Crippen molar-refractivity contribution in [3.63, 3.8) is 0 Å². The lowest BCUT2D eigenvalue weighted by molar-refractivity contribution is 0.414. The number of para-hydroxylation sites is 1. The van der Waals surface area contributed by atoms with E-state index in [4.69, 9.17) is 16.2 Å². The van der Waals surface area contributed by atoms with Gasteiger partial charge >= 0.3 is 0 Å². The Morgan fingerprint density at radius 3 is 2.40 bits per heavy atom. The van der Waals surface area contributed by atoms with E-state index in [1.807, 2.05) is 12.1 Å². The Hall–Kier alpha value is -3.33. The number of ether oxygens (including phenoxy) is 1. The third kappa shape index (κ3) is 4.30. The average Bonchev–Trinajstić information content (AvgIpc) is 3.14. The Kier molecular flexibility index (Phi) is 6.41. The van der Waals surface area contributed by atoms with Gasteiger partial charge in [-0.15, -0.1) is 5.10 Å². The molecule has 1 aromatic heterocycles. The highest BCUT2D eigenvalue weighted by molar-refractivity contribution is 7.90. The van der Waals surface area contributed by atoms with Crippen LogP contribution in [-0.4, -0.2) is 31.2 Å². The van der Waals surface area contributed by atoms with Crippen LogP contribution in [0, 0.1) is 0 Å². The molecule has 8 nitrogen and oxygen atoms in total. The third-order valence-electron chi connectivity index (χ3n) is 4.66. The van der Waals surface area contributed by atoms with Crippen LogP contribution in [0.4, 0.5) is 0 Å². The van der Waals surface area contributed by atoms with Crippen molar-refractivity contribution in [2.24, 2.45) is 21.7 Å². The number of hydrogen-bond acceptors (Lipinski definition) is 5. The first-order valence-electron chi connectivity index (χ1n) is 9.54. The van der Waals surface area contributed by atoms with Crippen LogP contribution in [0.3, 0.4) is 0 Å². The molecule has 0 amide bonds. The Labute approximate surface area is 175 Å². The molecule has 0 spiro atoms. The van der Waals surface area contributed by atoms with Gasteiger partial charge in [-0.2, -0.15) is 5.10 Å². The molecule has 30 heavy (non-hydrogen) atoms. The van der Waals surface area contributed by atoms with Gasteiger partial charge in [0, 0.05) is 17.1 Å². The van der Waals surface area contributed by atoms with Crippen molar-refractivity contribution in [1.82, 2.24) is 3.97 Å². The molecule has 3 rings (SSSR count). The van der Waals surface area contributed by atoms with Crippen LogP contribution in [0.1, 0.15) is 31.7 Å². The summed E-state index contributed by atoms with van der Waals surface area (Å²) in [6, 6.07) is 13.6. The molecule has 0 atom stereocenters. The van der Waals surface area contributed by atoms with Crippen LogP contribution < -0.4 is 16.2 Å². The quantitative estimate of drug-likeness (QED) is 0.325. The topological polar surface area (TPSA) is 125 Å². The molecule has 158 valence electrons. The molecule has 0 saturated heterocycles. The zero-order valence-corrected chi connectivity index (χ0v) is 17.8. The van der Waals surface area contributed by atoms with E-state index < -0.39 is 10.0 Å². The van der Waals surface area contributed by atoms with Crippen molar-refractivity contribution in [1.29, 1.82) is 0 Å². The molecule has 0 fully saturated rings. The summed E-state index contributed by atoms with van der Waals surface area (Å²) < 4.78 is 33.2. The van der Waals surface area contributed by atoms with Crippen LogP contribution in [0.25, 0.3) is 10.9 Å². The summed E-state index contributed by atoms with van der Waals surface area (Å²) in [5.74, 6) is 0.428. The molecule has 0 radical (unpaired) electrons. The fraction of sp³-hybridized carbons (Fsp3) is 0.238. The zero-order chi connectivity index (χ0) is 21.7. The molecule has 3 aromatic rings. The molecule has 0 saturated carbocycles. The SMILES string of the molecule is CCCC/C(=N/N=C(N)N)c1cn(S(=O)(=O)c2ccc(OC)cc2)c2ccccc12. The average molecular weight is 428 g/mol. The summed E-state index contributed by atoms with van der Waals surface area (Å²) in [5, 5.41) is 8.76. The van der Waals surface area contributed by atoms with Gasteiger partial charge in [-0.3, -0.25) is 0 Å². The smallest absolute Gasteiger partial charge is 0.268 e. The number of unbranched alkanes of at least 4 members (excludes halogenated alkanes) is 1. The van der Waals surface area contributed by atoms with Gasteiger partial charge in [0.1, 0.15) is 5.75 Å². The Morgan fingerprint density at radius 2 is 1.77 bits per heavy atom. The van der Waals surface area contributed by atoms with E-state index in [2.05, 4.69) is 17.1 Å². The second kappa shape index (κ2) is 9.00. The minimum Gasteiger partial charge on any atom is -0.497 e. The highest BCUT2D eigenvalue weighted by Crippen LogP contribution is 2.28. The molecule has 2 aromatic carbocycles. The van der Waals surface area contributed by atoms with E-state index in [1.165, 1.54) is 23.2 Å². The summed E-state index contributed by atoms with van der Waals surface area (Å²) >= 11 is 0. The van der Waals surface area contributed by atoms with E-state index in [9.17, 15) is 8.42 Å². The maximum Gasteiger partial charge on any atom is 0.268 e. The molecular weight excluding hydrogens is 402 g/mol. The van der Waals surface area contributed by atoms with E-state index in [0.29, 0.717) is 29.0 Å². The van der Waals surface area contributed by atoms with Gasteiger partial charge in [-0.25, -0.2) is 12.4 Å². The predicted molar refractivity (Wildman–Crippen MR) is 119 cm³/mol. The summed E-state index contributed by atoms with van der Waals surface area (Å²) in [6.45, 7) is 2.07. The van der Waals surface area contributed by atoms with Gasteiger partial charge in [0.25, 0.3) is 10.0 Å². The third-order valence-corrected chi connectivity index (χ3v) is 6.35. The van der Waals surface area contributed by atoms with E-state index in [-0.39, 0.29) is 10.9 Å². The van der Waals surface area contributed by atoms with Crippen molar-refractivity contribution >= 4 is 32.6 Å². The molecule has 0 bridgehead atoms. The molecule has 0 aliphatic heterocycles. The Bertz CT molecular complexity index is 1190. The number of guanidine groups is 1. The van der Waals surface area contributed by atoms with Crippen molar-refractivity contribution in [2.45, 2.75) is 31.1 Å². The van der Waals surface area contributed by atoms with E-state index >= 15 is 0 Å². The van der Waals surface area contributed by atoms with Crippen molar-refractivity contribution in [2.75, 3.05) is 7.11 Å². The Balaban J connectivity index is 2.20. The highest BCUT2D eigenvalue weighted by Gasteiger charge is 2.23. The summed E-state index contributed by atoms with van der Waals surface area (Å²) in [7, 11) is -2.30. The number of hydrogen-bond donors (Lipinski definition) is 2. The van der Waals surface area contributed by atoms with Gasteiger partial charge in [-0.05, 0) is 43.2 Å². The van der Waals surface area contributed by atoms with Gasteiger partial charge in [0.2, 0.25) is 5.96 Å². The monoisotopic (exact) mass is 427 g/mol. The first-order valence-corrected chi connectivity index (χ1v) is 11.0. The number of nitrogens with two attached hydrogens (primary N) is 2. The van der Waals surface area contributed by atoms with Gasteiger partial charge < -0.3 is 16.2 Å². The van der Waals surface area contributed by atoms with Gasteiger partial charge in [-0.1, -0.05) is 31.5 Å². The fourth-order valence-corrected chi connectivity index (χ4v) is 4.51. The summed E-state index contributed by atoms with van der Waals surface area (Å²) in [5.41, 5.74) is 12.8. The second-order valence-electron chi connectivity index (χ2n) is 6.71. The number of benzene rings is 2. The van der Waals surface area contributed by atoms with Crippen LogP contribution in [-0.2, 0) is 10.0 Å². The standard InChI is InChI=1S/C21H25N5O3S/c1-3-4-8-19(24-25-21(22)23)18-14-26(20-9-6-5-7-17(18)20)30(27,28)16-12-10-15(29-2)11-13-16/h5-7,9-14H,3-4,8H2,1-2H3,(H4,22,23,25)/b24-19-. The maximum absolute atomic E-state index is 13.4. The Morgan fingerprint density at radius 1 is 1.07 bits per heavy atom. The van der Waals surface area contributed by atoms with Gasteiger partial charge in [0.15, 0.2) is 0 Å². The summed E-state index contributed by atoms with van der Waals surface area (Å²) in [6.07, 6.45) is 4.01. The lowest BCUT2D eigenvalue weighted by Gasteiger charge is -2.08. The molecule has 9 heteroatoms. The number of fused-ring (bicyclic) bond motifs is 1. The first kappa shape index (κ1) is 21.4. The normalized spacial score (nSPS) is 12.1. The lowest BCUT2D eigenvalue weighted by atomic mass is 10.0. The van der Waals surface area contributed by atoms with Crippen LogP contribution >= 0.6 is 0 Å². The summed E-state index contributed by atoms with van der Waals surface area (Å²) in [4.78, 5) is 0.159. The highest BCUT2D eigenvalue weighted by atomic mass is 32.2. The predicted octanol–water partition coefficient (Wildman–Crippen LogP) is 3.05. The van der Waals surface area contributed by atoms with E-state index in [1.54, 1.807) is 30.5 Å². The molecule has 0 unspecified atom stereocenters. The molecule has 0 aliphatic carbocycles. The minimum atomic E-state index is -3.83. The van der Waals surface area contributed by atoms with Crippen LogP contribution in [0.5, 0.6) is 5.75 Å². The number of rotatable bonds is 8. The lowest BCUT2D eigenvalue weighted by Crippen LogP contribution is -2.22. The molecule has 4 N–H and O–H groups in total. The van der Waals surface area contributed by atoms with Gasteiger partial charge in [0.05, 0.1) is 23.2 Å². The van der Waals surface area contributed by atoms with Crippen LogP contribution in [0.2, 0.25) is 0 Å². The van der Waals surface area contributed by atoms with Crippen molar-refractivity contribution in [3.05, 3.63) is 60.3 Å². The molecular formula is C21H25N5O3S. The maximum atomic E-state index is 13.4. The van der Waals surface area contributed by atoms with Crippen LogP contribution in [0.15, 0.2) is 69.8 Å².